The van der Waals surface area contributed by atoms with Crippen molar-refractivity contribution in [3.8, 4) is 0 Å². The summed E-state index contributed by atoms with van der Waals surface area (Å²) < 4.78 is 27.3. The fourth-order valence-corrected chi connectivity index (χ4v) is 4.19. The molecule has 0 aromatic heterocycles. The van der Waals surface area contributed by atoms with Crippen LogP contribution in [0, 0.1) is 11.6 Å². The number of piperidine rings is 1. The minimum atomic E-state index is -0.540. The molecule has 0 radical (unpaired) electrons. The Bertz CT molecular complexity index is 492. The number of hydrogen-bond donors (Lipinski definition) is 1. The molecule has 3 rings (SSSR count). The first-order valence-corrected chi connectivity index (χ1v) is 8.09. The molecule has 2 fully saturated rings. The van der Waals surface area contributed by atoms with Gasteiger partial charge in [0.25, 0.3) is 0 Å². The highest BCUT2D eigenvalue weighted by atomic mass is 19.1. The van der Waals surface area contributed by atoms with E-state index in [4.69, 9.17) is 5.73 Å². The molecule has 1 aromatic rings. The topological polar surface area (TPSA) is 29.3 Å². The maximum absolute atomic E-state index is 14.2. The summed E-state index contributed by atoms with van der Waals surface area (Å²) in [4.78, 5) is 2.48. The van der Waals surface area contributed by atoms with E-state index in [9.17, 15) is 8.78 Å². The highest BCUT2D eigenvalue weighted by Gasteiger charge is 2.45. The maximum atomic E-state index is 14.2. The summed E-state index contributed by atoms with van der Waals surface area (Å²) in [6.07, 6.45) is 7.99. The van der Waals surface area contributed by atoms with Crippen molar-refractivity contribution in [1.29, 1.82) is 0 Å². The van der Waals surface area contributed by atoms with Crippen LogP contribution < -0.4 is 5.73 Å². The van der Waals surface area contributed by atoms with E-state index in [2.05, 4.69) is 4.90 Å². The van der Waals surface area contributed by atoms with Crippen molar-refractivity contribution in [1.82, 2.24) is 4.90 Å². The molecule has 1 saturated heterocycles. The normalized spacial score (nSPS) is 24.1. The van der Waals surface area contributed by atoms with Crippen molar-refractivity contribution in [3.63, 3.8) is 0 Å². The predicted molar refractivity (Wildman–Crippen MR) is 79.9 cm³/mol. The average Bonchev–Trinajstić information content (AvgIpc) is 2.98. The largest absolute Gasteiger partial charge is 0.322 e. The van der Waals surface area contributed by atoms with Crippen LogP contribution in [0.25, 0.3) is 0 Å². The number of rotatable bonds is 3. The van der Waals surface area contributed by atoms with E-state index in [0.29, 0.717) is 5.56 Å². The smallest absolute Gasteiger partial charge is 0.130 e. The number of halogens is 2. The van der Waals surface area contributed by atoms with Crippen LogP contribution >= 0.6 is 0 Å². The van der Waals surface area contributed by atoms with Crippen LogP contribution in [0.3, 0.4) is 0 Å². The molecule has 4 heteroatoms. The molecule has 1 saturated carbocycles. The zero-order valence-electron chi connectivity index (χ0n) is 12.5. The molecule has 0 amide bonds. The Hall–Kier alpha value is -1.00. The van der Waals surface area contributed by atoms with Crippen LogP contribution in [0.4, 0.5) is 8.78 Å². The fourth-order valence-electron chi connectivity index (χ4n) is 4.19. The summed E-state index contributed by atoms with van der Waals surface area (Å²) >= 11 is 0. The van der Waals surface area contributed by atoms with Crippen LogP contribution in [0.2, 0.25) is 0 Å². The van der Waals surface area contributed by atoms with Gasteiger partial charge in [-0.15, -0.1) is 0 Å². The molecule has 21 heavy (non-hydrogen) atoms. The number of hydrogen-bond acceptors (Lipinski definition) is 2. The van der Waals surface area contributed by atoms with E-state index in [1.807, 2.05) is 0 Å². The standard InChI is InChI=1S/C17H24F2N2/c18-13-6-7-14(15(19)12-13)16(20)17(8-2-3-9-17)21-10-4-1-5-11-21/h6-7,12,16H,1-5,8-11,20H2. The lowest BCUT2D eigenvalue weighted by Crippen LogP contribution is -2.55. The monoisotopic (exact) mass is 294 g/mol. The van der Waals surface area contributed by atoms with Crippen LogP contribution in [-0.2, 0) is 0 Å². The first kappa shape index (κ1) is 14.9. The molecule has 0 bridgehead atoms. The van der Waals surface area contributed by atoms with Gasteiger partial charge in [-0.25, -0.2) is 8.78 Å². The Labute approximate surface area is 125 Å². The molecule has 1 atom stereocenters. The lowest BCUT2D eigenvalue weighted by atomic mass is 9.81. The number of nitrogens with zero attached hydrogens (tertiary/aromatic N) is 1. The molecule has 1 aliphatic heterocycles. The second kappa shape index (κ2) is 6.01. The molecule has 2 N–H and O–H groups in total. The van der Waals surface area contributed by atoms with Gasteiger partial charge in [0.2, 0.25) is 0 Å². The van der Waals surface area contributed by atoms with Gasteiger partial charge in [0.05, 0.1) is 6.04 Å². The number of nitrogens with two attached hydrogens (primary N) is 1. The lowest BCUT2D eigenvalue weighted by molar-refractivity contribution is 0.0468. The van der Waals surface area contributed by atoms with Crippen molar-refractivity contribution < 1.29 is 8.78 Å². The van der Waals surface area contributed by atoms with Gasteiger partial charge < -0.3 is 5.73 Å². The quantitative estimate of drug-likeness (QED) is 0.919. The minimum Gasteiger partial charge on any atom is -0.322 e. The summed E-state index contributed by atoms with van der Waals surface area (Å²) in [7, 11) is 0. The Morgan fingerprint density at radius 1 is 1.00 bits per heavy atom. The molecule has 0 spiro atoms. The predicted octanol–water partition coefficient (Wildman–Crippen LogP) is 3.76. The van der Waals surface area contributed by atoms with Gasteiger partial charge in [-0.1, -0.05) is 25.3 Å². The molecule has 1 unspecified atom stereocenters. The third kappa shape index (κ3) is 2.71. The third-order valence-electron chi connectivity index (χ3n) is 5.33. The first-order chi connectivity index (χ1) is 10.1. The summed E-state index contributed by atoms with van der Waals surface area (Å²) in [5.74, 6) is -1.05. The zero-order valence-corrected chi connectivity index (χ0v) is 12.5. The lowest BCUT2D eigenvalue weighted by Gasteiger charge is -2.47. The van der Waals surface area contributed by atoms with Crippen LogP contribution in [-0.4, -0.2) is 23.5 Å². The van der Waals surface area contributed by atoms with Gasteiger partial charge in [-0.05, 0) is 44.8 Å². The Balaban J connectivity index is 1.92. The molecular formula is C17H24F2N2. The number of likely N-dealkylation sites (tertiary alicyclic amines) is 1. The zero-order chi connectivity index (χ0) is 14.9. The summed E-state index contributed by atoms with van der Waals surface area (Å²) in [6, 6.07) is 3.42. The Morgan fingerprint density at radius 3 is 2.29 bits per heavy atom. The van der Waals surface area contributed by atoms with Gasteiger partial charge in [-0.3, -0.25) is 4.90 Å². The van der Waals surface area contributed by atoms with Crippen LogP contribution in [0.15, 0.2) is 18.2 Å². The fraction of sp³-hybridized carbons (Fsp3) is 0.647. The van der Waals surface area contributed by atoms with Gasteiger partial charge in [0.15, 0.2) is 0 Å². The summed E-state index contributed by atoms with van der Waals surface area (Å²) in [5.41, 5.74) is 6.84. The van der Waals surface area contributed by atoms with E-state index >= 15 is 0 Å². The van der Waals surface area contributed by atoms with Crippen molar-refractivity contribution in [2.45, 2.75) is 56.5 Å². The third-order valence-corrected chi connectivity index (χ3v) is 5.33. The second-order valence-electron chi connectivity index (χ2n) is 6.50. The van der Waals surface area contributed by atoms with Crippen LogP contribution in [0.1, 0.15) is 56.6 Å². The van der Waals surface area contributed by atoms with Gasteiger partial charge in [-0.2, -0.15) is 0 Å². The Kier molecular flexibility index (Phi) is 4.27. The summed E-state index contributed by atoms with van der Waals surface area (Å²) in [6.45, 7) is 2.10. The van der Waals surface area contributed by atoms with Crippen molar-refractivity contribution in [2.24, 2.45) is 5.73 Å². The van der Waals surface area contributed by atoms with E-state index in [-0.39, 0.29) is 11.6 Å². The molecule has 2 aliphatic rings. The van der Waals surface area contributed by atoms with E-state index in [1.165, 1.54) is 31.4 Å². The molecule has 2 nitrogen and oxygen atoms in total. The molecule has 1 heterocycles. The minimum absolute atomic E-state index is 0.140. The maximum Gasteiger partial charge on any atom is 0.130 e. The molecule has 1 aliphatic carbocycles. The van der Waals surface area contributed by atoms with Crippen molar-refractivity contribution in [3.05, 3.63) is 35.4 Å². The highest BCUT2D eigenvalue weighted by Crippen LogP contribution is 2.44. The average molecular weight is 294 g/mol. The molecule has 116 valence electrons. The summed E-state index contributed by atoms with van der Waals surface area (Å²) in [5, 5.41) is 0. The van der Waals surface area contributed by atoms with Gasteiger partial charge in [0, 0.05) is 17.2 Å². The molecular weight excluding hydrogens is 270 g/mol. The van der Waals surface area contributed by atoms with Crippen LogP contribution in [0.5, 0.6) is 0 Å². The second-order valence-corrected chi connectivity index (χ2v) is 6.50. The van der Waals surface area contributed by atoms with Gasteiger partial charge in [0.1, 0.15) is 11.6 Å². The van der Waals surface area contributed by atoms with Crippen molar-refractivity contribution in [2.75, 3.05) is 13.1 Å². The van der Waals surface area contributed by atoms with E-state index in [1.54, 1.807) is 0 Å². The highest BCUT2D eigenvalue weighted by molar-refractivity contribution is 5.26. The first-order valence-electron chi connectivity index (χ1n) is 8.09. The number of benzene rings is 1. The van der Waals surface area contributed by atoms with Gasteiger partial charge >= 0.3 is 0 Å². The SMILES string of the molecule is NC(c1ccc(F)cc1F)C1(N2CCCCC2)CCCC1. The van der Waals surface area contributed by atoms with E-state index < -0.39 is 11.6 Å². The molecule has 1 aromatic carbocycles. The Morgan fingerprint density at radius 2 is 1.67 bits per heavy atom. The van der Waals surface area contributed by atoms with Crippen molar-refractivity contribution >= 4 is 0 Å². The van der Waals surface area contributed by atoms with E-state index in [0.717, 1.165) is 44.8 Å².